The van der Waals surface area contributed by atoms with E-state index in [1.54, 1.807) is 25.1 Å². The lowest BCUT2D eigenvalue weighted by Gasteiger charge is -2.43. The van der Waals surface area contributed by atoms with E-state index in [1.807, 2.05) is 24.3 Å². The van der Waals surface area contributed by atoms with Crippen LogP contribution < -0.4 is 21.0 Å². The third kappa shape index (κ3) is 4.59. The Hall–Kier alpha value is -2.86. The first-order valence-electron chi connectivity index (χ1n) is 10.8. The lowest BCUT2D eigenvalue weighted by Crippen LogP contribution is -3.06. The second-order valence-electron chi connectivity index (χ2n) is 10.1. The molecule has 31 heavy (non-hydrogen) atoms. The third-order valence-corrected chi connectivity index (χ3v) is 5.95. The van der Waals surface area contributed by atoms with Crippen molar-refractivity contribution < 1.29 is 19.3 Å². The van der Waals surface area contributed by atoms with Gasteiger partial charge in [-0.2, -0.15) is 0 Å². The number of rotatable bonds is 4. The van der Waals surface area contributed by atoms with Crippen molar-refractivity contribution in [1.29, 1.82) is 0 Å². The number of carbonyl (C=O) groups is 1. The molecule has 1 atom stereocenters. The fourth-order valence-corrected chi connectivity index (χ4v) is 5.13. The van der Waals surface area contributed by atoms with E-state index in [0.717, 1.165) is 23.6 Å². The van der Waals surface area contributed by atoms with E-state index in [2.05, 4.69) is 38.3 Å². The van der Waals surface area contributed by atoms with Crippen molar-refractivity contribution in [3.8, 4) is 5.75 Å². The molecule has 0 saturated carbocycles. The minimum Gasteiger partial charge on any atom is -0.481 e. The molecule has 0 spiro atoms. The molecule has 0 bridgehead atoms. The van der Waals surface area contributed by atoms with Gasteiger partial charge in [-0.1, -0.05) is 18.2 Å². The molecule has 4 rings (SSSR count). The van der Waals surface area contributed by atoms with Crippen molar-refractivity contribution in [2.45, 2.75) is 70.7 Å². The summed E-state index contributed by atoms with van der Waals surface area (Å²) in [5, 5.41) is 7.77. The van der Waals surface area contributed by atoms with Crippen molar-refractivity contribution in [2.24, 2.45) is 0 Å². The average Bonchev–Trinajstić information content (AvgIpc) is 2.65. The number of ether oxygens (including phenoxy) is 1. The minimum atomic E-state index is -0.665. The zero-order valence-electron chi connectivity index (χ0n) is 18.8. The maximum Gasteiger partial charge on any atom is 0.344 e. The number of fused-ring (bicyclic) bond motifs is 3. The van der Waals surface area contributed by atoms with E-state index in [9.17, 15) is 9.59 Å². The molecule has 3 N–H and O–H groups in total. The number of nitrogens with two attached hydrogens (primary N) is 1. The number of nitrogens with one attached hydrogen (secondary N) is 1. The Bertz CT molecular complexity index is 1180. The molecule has 0 aliphatic carbocycles. The molecular weight excluding hydrogens is 392 g/mol. The van der Waals surface area contributed by atoms with Crippen molar-refractivity contribution in [3.63, 3.8) is 0 Å². The summed E-state index contributed by atoms with van der Waals surface area (Å²) in [7, 11) is 0. The molecule has 0 radical (unpaired) electrons. The normalized spacial score (nSPS) is 19.3. The van der Waals surface area contributed by atoms with Gasteiger partial charge in [0.25, 0.3) is 5.91 Å². The van der Waals surface area contributed by atoms with E-state index in [0.29, 0.717) is 16.7 Å². The van der Waals surface area contributed by atoms with Gasteiger partial charge in [-0.25, -0.2) is 4.79 Å². The number of piperidine rings is 1. The van der Waals surface area contributed by atoms with Crippen LogP contribution in [0.15, 0.2) is 51.7 Å². The summed E-state index contributed by atoms with van der Waals surface area (Å²) >= 11 is 0. The Balaban J connectivity index is 1.50. The molecule has 1 aliphatic heterocycles. The van der Waals surface area contributed by atoms with Gasteiger partial charge in [-0.05, 0) is 58.2 Å². The summed E-state index contributed by atoms with van der Waals surface area (Å²) in [4.78, 5) is 25.1. The molecule has 1 fully saturated rings. The molecule has 1 saturated heterocycles. The molecule has 1 aromatic heterocycles. The number of hydrogen-bond acceptors (Lipinski definition) is 4. The number of quaternary nitrogens is 1. The van der Waals surface area contributed by atoms with E-state index >= 15 is 0 Å². The van der Waals surface area contributed by atoms with E-state index in [-0.39, 0.29) is 28.7 Å². The quantitative estimate of drug-likeness (QED) is 0.499. The van der Waals surface area contributed by atoms with Gasteiger partial charge in [-0.3, -0.25) is 4.79 Å². The van der Waals surface area contributed by atoms with Crippen LogP contribution in [0.5, 0.6) is 5.75 Å². The standard InChI is InChI=1S/C25H30N2O4/c1-15(22(28)26-16-13-24(2,3)27-25(4,5)14-16)30-17-10-11-19-18-8-6-7-9-20(18)23(29)31-21(19)12-17/h6-12,15-16,27H,13-14H2,1-5H3,(H,26,28)/p+1/t15-/m0/s1. The highest BCUT2D eigenvalue weighted by atomic mass is 16.5. The van der Waals surface area contributed by atoms with Crippen LogP contribution in [0.2, 0.25) is 0 Å². The molecule has 1 amide bonds. The van der Waals surface area contributed by atoms with Crippen LogP contribution in [-0.4, -0.2) is 29.1 Å². The molecule has 2 heterocycles. The summed E-state index contributed by atoms with van der Waals surface area (Å²) in [6.07, 6.45) is 1.15. The van der Waals surface area contributed by atoms with Gasteiger partial charge in [0.1, 0.15) is 11.3 Å². The van der Waals surface area contributed by atoms with Crippen LogP contribution in [0.3, 0.4) is 0 Å². The van der Waals surface area contributed by atoms with E-state index in [4.69, 9.17) is 9.15 Å². The molecule has 0 unspecified atom stereocenters. The van der Waals surface area contributed by atoms with Gasteiger partial charge in [-0.15, -0.1) is 0 Å². The van der Waals surface area contributed by atoms with Crippen LogP contribution in [0.25, 0.3) is 21.7 Å². The van der Waals surface area contributed by atoms with Crippen LogP contribution in [-0.2, 0) is 4.79 Å². The Kier molecular flexibility index (Phi) is 5.30. The topological polar surface area (TPSA) is 85.1 Å². The van der Waals surface area contributed by atoms with Gasteiger partial charge >= 0.3 is 5.63 Å². The molecule has 3 aromatic rings. The lowest BCUT2D eigenvalue weighted by atomic mass is 9.79. The van der Waals surface area contributed by atoms with Gasteiger partial charge < -0.3 is 19.8 Å². The summed E-state index contributed by atoms with van der Waals surface area (Å²) in [6.45, 7) is 10.6. The zero-order chi connectivity index (χ0) is 22.4. The number of benzene rings is 2. The summed E-state index contributed by atoms with van der Waals surface area (Å²) in [5.74, 6) is 0.352. The van der Waals surface area contributed by atoms with Crippen LogP contribution in [0, 0.1) is 0 Å². The predicted molar refractivity (Wildman–Crippen MR) is 121 cm³/mol. The van der Waals surface area contributed by atoms with Crippen molar-refractivity contribution in [3.05, 3.63) is 52.9 Å². The molecule has 164 valence electrons. The van der Waals surface area contributed by atoms with Crippen molar-refractivity contribution in [2.75, 3.05) is 0 Å². The smallest absolute Gasteiger partial charge is 0.344 e. The predicted octanol–water partition coefficient (Wildman–Crippen LogP) is 3.11. The largest absolute Gasteiger partial charge is 0.481 e. The van der Waals surface area contributed by atoms with Crippen LogP contribution in [0.4, 0.5) is 0 Å². The van der Waals surface area contributed by atoms with E-state index in [1.165, 1.54) is 0 Å². The van der Waals surface area contributed by atoms with Gasteiger partial charge in [0.05, 0.1) is 16.5 Å². The first-order valence-corrected chi connectivity index (χ1v) is 10.8. The van der Waals surface area contributed by atoms with Gasteiger partial charge in [0.2, 0.25) is 0 Å². The second-order valence-corrected chi connectivity index (χ2v) is 10.1. The fourth-order valence-electron chi connectivity index (χ4n) is 5.13. The fraction of sp³-hybridized carbons (Fsp3) is 0.440. The highest BCUT2D eigenvalue weighted by Crippen LogP contribution is 2.27. The molecular formula is C25H31N2O4+. The maximum atomic E-state index is 12.8. The molecule has 2 aromatic carbocycles. The summed E-state index contributed by atoms with van der Waals surface area (Å²) < 4.78 is 11.4. The van der Waals surface area contributed by atoms with Gasteiger partial charge in [0.15, 0.2) is 6.10 Å². The molecule has 6 nitrogen and oxygen atoms in total. The van der Waals surface area contributed by atoms with Crippen molar-refractivity contribution in [1.82, 2.24) is 5.32 Å². The average molecular weight is 424 g/mol. The number of carbonyl (C=O) groups excluding carboxylic acids is 1. The van der Waals surface area contributed by atoms with E-state index < -0.39 is 6.10 Å². The van der Waals surface area contributed by atoms with Crippen LogP contribution in [0.1, 0.15) is 47.5 Å². The number of amides is 1. The Morgan fingerprint density at radius 1 is 1.06 bits per heavy atom. The Morgan fingerprint density at radius 2 is 1.71 bits per heavy atom. The number of hydrogen-bond donors (Lipinski definition) is 2. The van der Waals surface area contributed by atoms with Crippen molar-refractivity contribution >= 4 is 27.6 Å². The Morgan fingerprint density at radius 3 is 2.39 bits per heavy atom. The summed E-state index contributed by atoms with van der Waals surface area (Å²) in [6, 6.07) is 12.8. The third-order valence-electron chi connectivity index (χ3n) is 5.95. The highest BCUT2D eigenvalue weighted by Gasteiger charge is 2.42. The highest BCUT2D eigenvalue weighted by molar-refractivity contribution is 6.04. The SMILES string of the molecule is C[C@H](Oc1ccc2c(c1)oc(=O)c1ccccc12)C(=O)NC1CC(C)(C)[NH2+]C(C)(C)C1. The summed E-state index contributed by atoms with van der Waals surface area (Å²) in [5.41, 5.74) is 0.204. The first kappa shape index (κ1) is 21.4. The first-order chi connectivity index (χ1) is 14.5. The van der Waals surface area contributed by atoms with Crippen LogP contribution >= 0.6 is 0 Å². The van der Waals surface area contributed by atoms with Gasteiger partial charge in [0, 0.05) is 30.3 Å². The lowest BCUT2D eigenvalue weighted by molar-refractivity contribution is -0.787. The second kappa shape index (κ2) is 7.68. The molecule has 1 aliphatic rings. The molecule has 6 heteroatoms. The zero-order valence-corrected chi connectivity index (χ0v) is 18.8. The monoisotopic (exact) mass is 423 g/mol. The maximum absolute atomic E-state index is 12.8. The minimum absolute atomic E-state index is 0.0719. The Labute approximate surface area is 182 Å².